The molecule has 2 N–H and O–H groups in total. The maximum atomic E-state index is 14.5. The largest absolute Gasteiger partial charge is 0.431 e. The van der Waals surface area contributed by atoms with Crippen molar-refractivity contribution in [3.63, 3.8) is 0 Å². The Kier molecular flexibility index (Phi) is 6.91. The molecule has 2 aromatic rings. The minimum absolute atomic E-state index is 0.109. The molecule has 0 aliphatic carbocycles. The number of aromatic nitrogens is 3. The number of hydrogen-bond donors (Lipinski definition) is 1. The zero-order valence-corrected chi connectivity index (χ0v) is 18.6. The van der Waals surface area contributed by atoms with Crippen molar-refractivity contribution >= 4 is 17.6 Å². The predicted octanol–water partition coefficient (Wildman–Crippen LogP) is 3.05. The second-order valence-electron chi connectivity index (χ2n) is 8.66. The van der Waals surface area contributed by atoms with Gasteiger partial charge in [0, 0.05) is 57.0 Å². The molecule has 4 heterocycles. The number of ether oxygens (including phenoxy) is 1. The molecule has 0 bridgehead atoms. The Morgan fingerprint density at radius 3 is 2.41 bits per heavy atom. The number of anilines is 3. The summed E-state index contributed by atoms with van der Waals surface area (Å²) in [5.41, 5.74) is 5.00. The Balaban J connectivity index is 1.66. The molecule has 1 unspecified atom stereocenters. The number of hydrogen-bond acceptors (Lipinski definition) is 8. The molecule has 34 heavy (non-hydrogen) atoms. The lowest BCUT2D eigenvalue weighted by Gasteiger charge is -2.35. The van der Waals surface area contributed by atoms with Gasteiger partial charge in [-0.25, -0.2) is 23.1 Å². The first-order valence-corrected chi connectivity index (χ1v) is 10.9. The number of nitrogen functional groups attached to an aromatic ring is 1. The Morgan fingerprint density at radius 2 is 1.79 bits per heavy atom. The summed E-state index contributed by atoms with van der Waals surface area (Å²) < 4.78 is 69.9. The maximum Gasteiger partial charge on any atom is 0.387 e. The van der Waals surface area contributed by atoms with E-state index in [2.05, 4.69) is 19.7 Å². The molecule has 13 heteroatoms. The average Bonchev–Trinajstić information content (AvgIpc) is 3.14. The van der Waals surface area contributed by atoms with E-state index in [1.165, 1.54) is 19.2 Å². The van der Waals surface area contributed by atoms with E-state index in [4.69, 9.17) is 5.73 Å². The van der Waals surface area contributed by atoms with Crippen LogP contribution in [0.3, 0.4) is 0 Å². The number of rotatable bonds is 7. The van der Waals surface area contributed by atoms with E-state index in [0.717, 1.165) is 0 Å². The fourth-order valence-corrected chi connectivity index (χ4v) is 4.11. The first-order valence-electron chi connectivity index (χ1n) is 10.9. The number of nitrogens with zero attached hydrogens (tertiary/aromatic N) is 6. The molecule has 8 nitrogen and oxygen atoms in total. The van der Waals surface area contributed by atoms with E-state index < -0.39 is 18.7 Å². The molecule has 2 saturated heterocycles. The molecule has 2 aliphatic rings. The molecule has 0 saturated carbocycles. The van der Waals surface area contributed by atoms with Gasteiger partial charge in [0.05, 0.1) is 18.8 Å². The molecule has 0 radical (unpaired) electrons. The van der Waals surface area contributed by atoms with E-state index in [-0.39, 0.29) is 30.6 Å². The van der Waals surface area contributed by atoms with Gasteiger partial charge in [-0.3, -0.25) is 4.90 Å². The van der Waals surface area contributed by atoms with Crippen LogP contribution in [-0.2, 0) is 0 Å². The zero-order valence-electron chi connectivity index (χ0n) is 18.6. The third kappa shape index (κ3) is 5.75. The van der Waals surface area contributed by atoms with Crippen molar-refractivity contribution in [3.05, 3.63) is 18.3 Å². The van der Waals surface area contributed by atoms with Gasteiger partial charge in [0.1, 0.15) is 11.5 Å². The molecule has 4 rings (SSSR count). The van der Waals surface area contributed by atoms with E-state index in [1.54, 1.807) is 15.9 Å². The van der Waals surface area contributed by atoms with Gasteiger partial charge in [-0.05, 0) is 13.0 Å². The summed E-state index contributed by atoms with van der Waals surface area (Å²) in [7, 11) is 0. The summed E-state index contributed by atoms with van der Waals surface area (Å²) in [6, 6.07) is 2.98. The maximum absolute atomic E-state index is 14.5. The summed E-state index contributed by atoms with van der Waals surface area (Å²) in [5.74, 6) is 0.336. The number of alkyl halides is 5. The summed E-state index contributed by atoms with van der Waals surface area (Å²) in [4.78, 5) is 18.4. The van der Waals surface area contributed by atoms with Crippen molar-refractivity contribution in [1.82, 2.24) is 19.9 Å². The van der Waals surface area contributed by atoms with Gasteiger partial charge in [0.25, 0.3) is 6.43 Å². The standard InChI is InChI=1S/C21H26F5N7O/c1-21(26)2-3-33(12-21)20-29-14(13-8-15(34-19(24)25)18(27)28-10-13)9-17(30-20)32-6-4-31(5-7-32)11-16(22)23/h8-10,16,19H,2-7,11-12H2,1H3,(H2,27,28). The highest BCUT2D eigenvalue weighted by Gasteiger charge is 2.35. The van der Waals surface area contributed by atoms with Gasteiger partial charge in [-0.15, -0.1) is 0 Å². The van der Waals surface area contributed by atoms with Gasteiger partial charge in [-0.1, -0.05) is 0 Å². The highest BCUT2D eigenvalue weighted by molar-refractivity contribution is 5.68. The van der Waals surface area contributed by atoms with Gasteiger partial charge in [0.2, 0.25) is 5.95 Å². The normalized spacial score (nSPS) is 21.6. The SMILES string of the molecule is CC1(F)CCN(c2nc(-c3cnc(N)c(OC(F)F)c3)cc(N3CCN(CC(F)F)CC3)n2)C1. The van der Waals surface area contributed by atoms with E-state index in [0.29, 0.717) is 56.2 Å². The van der Waals surface area contributed by atoms with Gasteiger partial charge < -0.3 is 20.3 Å². The molecule has 0 aromatic carbocycles. The topological polar surface area (TPSA) is 83.6 Å². The van der Waals surface area contributed by atoms with Crippen LogP contribution in [0, 0.1) is 0 Å². The van der Waals surface area contributed by atoms with Crippen molar-refractivity contribution in [1.29, 1.82) is 0 Å². The molecule has 1 atom stereocenters. The fourth-order valence-electron chi connectivity index (χ4n) is 4.11. The molecule has 2 aromatic heterocycles. The predicted molar refractivity (Wildman–Crippen MR) is 117 cm³/mol. The van der Waals surface area contributed by atoms with E-state index >= 15 is 0 Å². The summed E-state index contributed by atoms with van der Waals surface area (Å²) >= 11 is 0. The lowest BCUT2D eigenvalue weighted by molar-refractivity contribution is -0.0494. The monoisotopic (exact) mass is 487 g/mol. The molecule has 2 fully saturated rings. The molecule has 0 spiro atoms. The van der Waals surface area contributed by atoms with Crippen LogP contribution in [0.5, 0.6) is 5.75 Å². The Morgan fingerprint density at radius 1 is 1.06 bits per heavy atom. The quantitative estimate of drug-likeness (QED) is 0.597. The van der Waals surface area contributed by atoms with Crippen LogP contribution < -0.4 is 20.3 Å². The lowest BCUT2D eigenvalue weighted by Crippen LogP contribution is -2.48. The molecule has 186 valence electrons. The van der Waals surface area contributed by atoms with Crippen molar-refractivity contribution in [2.24, 2.45) is 0 Å². The van der Waals surface area contributed by atoms with Gasteiger partial charge >= 0.3 is 6.61 Å². The second-order valence-corrected chi connectivity index (χ2v) is 8.66. The third-order valence-electron chi connectivity index (χ3n) is 5.89. The molecule has 0 amide bonds. The number of piperazine rings is 1. The van der Waals surface area contributed by atoms with Crippen LogP contribution in [0.1, 0.15) is 13.3 Å². The van der Waals surface area contributed by atoms with Crippen LogP contribution in [0.2, 0.25) is 0 Å². The Labute approximate surface area is 193 Å². The van der Waals surface area contributed by atoms with Crippen LogP contribution >= 0.6 is 0 Å². The molecular weight excluding hydrogens is 461 g/mol. The molecular formula is C21H26F5N7O. The van der Waals surface area contributed by atoms with E-state index in [1.807, 2.05) is 4.90 Å². The van der Waals surface area contributed by atoms with Gasteiger partial charge in [0.15, 0.2) is 11.6 Å². The summed E-state index contributed by atoms with van der Waals surface area (Å²) in [6.07, 6.45) is -0.706. The van der Waals surface area contributed by atoms with Crippen LogP contribution in [0.15, 0.2) is 18.3 Å². The number of nitrogens with two attached hydrogens (primary N) is 1. The minimum Gasteiger partial charge on any atom is -0.431 e. The first-order chi connectivity index (χ1) is 16.1. The molecule has 2 aliphatic heterocycles. The Bertz CT molecular complexity index is 1000. The van der Waals surface area contributed by atoms with Crippen LogP contribution in [0.25, 0.3) is 11.3 Å². The average molecular weight is 487 g/mol. The van der Waals surface area contributed by atoms with Crippen molar-refractivity contribution in [2.45, 2.75) is 32.1 Å². The van der Waals surface area contributed by atoms with Crippen molar-refractivity contribution in [2.75, 3.05) is 61.3 Å². The first kappa shape index (κ1) is 24.2. The van der Waals surface area contributed by atoms with Crippen LogP contribution in [0.4, 0.5) is 39.5 Å². The minimum atomic E-state index is -3.08. The van der Waals surface area contributed by atoms with E-state index in [9.17, 15) is 22.0 Å². The fraction of sp³-hybridized carbons (Fsp3) is 0.571. The van der Waals surface area contributed by atoms with Crippen molar-refractivity contribution < 1.29 is 26.7 Å². The summed E-state index contributed by atoms with van der Waals surface area (Å²) in [5, 5.41) is 0. The van der Waals surface area contributed by atoms with Gasteiger partial charge in [-0.2, -0.15) is 13.8 Å². The van der Waals surface area contributed by atoms with Crippen molar-refractivity contribution in [3.8, 4) is 17.0 Å². The second kappa shape index (κ2) is 9.72. The lowest BCUT2D eigenvalue weighted by atomic mass is 10.1. The highest BCUT2D eigenvalue weighted by Crippen LogP contribution is 2.33. The van der Waals surface area contributed by atoms with Crippen LogP contribution in [-0.4, -0.2) is 84.4 Å². The summed E-state index contributed by atoms with van der Waals surface area (Å²) in [6.45, 7) is 0.454. The highest BCUT2D eigenvalue weighted by atomic mass is 19.3. The number of halogens is 5. The number of pyridine rings is 1. The third-order valence-corrected chi connectivity index (χ3v) is 5.89. The Hall–Kier alpha value is -2.96. The zero-order chi connectivity index (χ0) is 24.5. The smallest absolute Gasteiger partial charge is 0.387 e.